The number of amides is 1. The summed E-state index contributed by atoms with van der Waals surface area (Å²) in [5, 5.41) is 0. The van der Waals surface area contributed by atoms with Crippen LogP contribution in [0.3, 0.4) is 0 Å². The SMILES string of the molecule is C=C1CCC[C@@]1(C(C)=O)C(=O)N(CC)CC. The Bertz CT molecular complexity index is 318. The van der Waals surface area contributed by atoms with Gasteiger partial charge in [-0.05, 0) is 40.0 Å². The topological polar surface area (TPSA) is 37.4 Å². The average Bonchev–Trinajstić information content (AvgIpc) is 2.62. The van der Waals surface area contributed by atoms with Crippen LogP contribution in [0.2, 0.25) is 0 Å². The van der Waals surface area contributed by atoms with E-state index in [0.29, 0.717) is 19.5 Å². The van der Waals surface area contributed by atoms with Gasteiger partial charge in [-0.25, -0.2) is 0 Å². The summed E-state index contributed by atoms with van der Waals surface area (Å²) < 4.78 is 0. The molecule has 1 amide bonds. The first-order valence-corrected chi connectivity index (χ1v) is 5.99. The van der Waals surface area contributed by atoms with Crippen LogP contribution in [0.4, 0.5) is 0 Å². The van der Waals surface area contributed by atoms with Crippen molar-refractivity contribution < 1.29 is 9.59 Å². The van der Waals surface area contributed by atoms with Crippen LogP contribution >= 0.6 is 0 Å². The minimum absolute atomic E-state index is 0.0486. The summed E-state index contributed by atoms with van der Waals surface area (Å²) in [6.45, 7) is 10.6. The van der Waals surface area contributed by atoms with E-state index in [0.717, 1.165) is 18.4 Å². The Morgan fingerprint density at radius 2 is 1.94 bits per heavy atom. The molecule has 3 nitrogen and oxygen atoms in total. The van der Waals surface area contributed by atoms with Crippen molar-refractivity contribution in [2.24, 2.45) is 5.41 Å². The van der Waals surface area contributed by atoms with Gasteiger partial charge in [-0.1, -0.05) is 12.2 Å². The quantitative estimate of drug-likeness (QED) is 0.541. The molecule has 0 aromatic rings. The molecule has 1 atom stereocenters. The number of nitrogens with zero attached hydrogens (tertiary/aromatic N) is 1. The lowest BCUT2D eigenvalue weighted by atomic mass is 9.78. The fraction of sp³-hybridized carbons (Fsp3) is 0.692. The minimum Gasteiger partial charge on any atom is -0.342 e. The van der Waals surface area contributed by atoms with E-state index in [2.05, 4.69) is 6.58 Å². The van der Waals surface area contributed by atoms with Crippen LogP contribution in [0.1, 0.15) is 40.0 Å². The first-order chi connectivity index (χ1) is 7.50. The molecule has 0 unspecified atom stereocenters. The number of hydrogen-bond acceptors (Lipinski definition) is 2. The molecule has 1 saturated carbocycles. The van der Waals surface area contributed by atoms with Crippen LogP contribution in [0, 0.1) is 5.41 Å². The number of hydrogen-bond donors (Lipinski definition) is 0. The third-order valence-corrected chi connectivity index (χ3v) is 3.65. The molecule has 16 heavy (non-hydrogen) atoms. The van der Waals surface area contributed by atoms with Crippen molar-refractivity contribution in [3.8, 4) is 0 Å². The van der Waals surface area contributed by atoms with E-state index in [1.165, 1.54) is 6.92 Å². The maximum Gasteiger partial charge on any atom is 0.240 e. The maximum absolute atomic E-state index is 12.4. The van der Waals surface area contributed by atoms with Gasteiger partial charge in [0.05, 0.1) is 0 Å². The van der Waals surface area contributed by atoms with Gasteiger partial charge in [0.15, 0.2) is 0 Å². The van der Waals surface area contributed by atoms with Gasteiger partial charge in [-0.3, -0.25) is 9.59 Å². The molecule has 1 aliphatic carbocycles. The van der Waals surface area contributed by atoms with Crippen molar-refractivity contribution in [1.29, 1.82) is 0 Å². The van der Waals surface area contributed by atoms with Gasteiger partial charge >= 0.3 is 0 Å². The molecule has 0 aromatic carbocycles. The lowest BCUT2D eigenvalue weighted by molar-refractivity contribution is -0.145. The van der Waals surface area contributed by atoms with E-state index in [1.807, 2.05) is 13.8 Å². The van der Waals surface area contributed by atoms with Crippen LogP contribution in [-0.2, 0) is 9.59 Å². The Morgan fingerprint density at radius 3 is 2.25 bits per heavy atom. The van der Waals surface area contributed by atoms with Gasteiger partial charge in [0.1, 0.15) is 11.2 Å². The molecule has 0 saturated heterocycles. The number of ketones is 1. The summed E-state index contributed by atoms with van der Waals surface area (Å²) >= 11 is 0. The Labute approximate surface area is 97.5 Å². The largest absolute Gasteiger partial charge is 0.342 e. The Morgan fingerprint density at radius 1 is 1.38 bits per heavy atom. The fourth-order valence-electron chi connectivity index (χ4n) is 2.57. The summed E-state index contributed by atoms with van der Waals surface area (Å²) in [5.74, 6) is -0.0978. The van der Waals surface area contributed by atoms with Crippen LogP contribution in [-0.4, -0.2) is 29.7 Å². The predicted molar refractivity (Wildman–Crippen MR) is 64.0 cm³/mol. The number of rotatable bonds is 4. The zero-order valence-electron chi connectivity index (χ0n) is 10.5. The summed E-state index contributed by atoms with van der Waals surface area (Å²) in [4.78, 5) is 26.0. The third kappa shape index (κ3) is 1.79. The van der Waals surface area contributed by atoms with Crippen molar-refractivity contribution in [2.75, 3.05) is 13.1 Å². The maximum atomic E-state index is 12.4. The van der Waals surface area contributed by atoms with Gasteiger partial charge < -0.3 is 4.90 Å². The van der Waals surface area contributed by atoms with Gasteiger partial charge in [0.25, 0.3) is 0 Å². The van der Waals surface area contributed by atoms with Crippen LogP contribution in [0.15, 0.2) is 12.2 Å². The van der Waals surface area contributed by atoms with Gasteiger partial charge in [-0.15, -0.1) is 0 Å². The van der Waals surface area contributed by atoms with E-state index in [4.69, 9.17) is 0 Å². The Kier molecular flexibility index (Phi) is 3.89. The van der Waals surface area contributed by atoms with Gasteiger partial charge in [0, 0.05) is 13.1 Å². The predicted octanol–water partition coefficient (Wildman–Crippen LogP) is 2.17. The summed E-state index contributed by atoms with van der Waals surface area (Å²) in [7, 11) is 0. The number of carbonyl (C=O) groups is 2. The van der Waals surface area contributed by atoms with E-state index in [9.17, 15) is 9.59 Å². The van der Waals surface area contributed by atoms with Crippen LogP contribution in [0.5, 0.6) is 0 Å². The molecule has 0 aliphatic heterocycles. The van der Waals surface area contributed by atoms with Crippen molar-refractivity contribution in [3.05, 3.63) is 12.2 Å². The summed E-state index contributed by atoms with van der Waals surface area (Å²) in [5.41, 5.74) is -0.108. The molecular formula is C13H21NO2. The van der Waals surface area contributed by atoms with E-state index < -0.39 is 5.41 Å². The summed E-state index contributed by atoms with van der Waals surface area (Å²) in [6, 6.07) is 0. The normalized spacial score (nSPS) is 24.6. The lowest BCUT2D eigenvalue weighted by Gasteiger charge is -2.32. The standard InChI is InChI=1S/C13H21NO2/c1-5-14(6-2)12(16)13(11(4)15)9-7-8-10(13)3/h3,5-9H2,1-2,4H3/t13-/m1/s1. The minimum atomic E-state index is -0.911. The van der Waals surface area contributed by atoms with Crippen molar-refractivity contribution in [1.82, 2.24) is 4.90 Å². The first kappa shape index (κ1) is 12.9. The molecular weight excluding hydrogens is 202 g/mol. The molecule has 1 rings (SSSR count). The van der Waals surface area contributed by atoms with E-state index >= 15 is 0 Å². The molecule has 0 N–H and O–H groups in total. The van der Waals surface area contributed by atoms with Gasteiger partial charge in [0.2, 0.25) is 5.91 Å². The van der Waals surface area contributed by atoms with Crippen molar-refractivity contribution in [3.63, 3.8) is 0 Å². The second-order valence-corrected chi connectivity index (χ2v) is 4.40. The number of Topliss-reactive ketones (excluding diaryl/α,β-unsaturated/α-hetero) is 1. The highest BCUT2D eigenvalue weighted by molar-refractivity contribution is 6.08. The highest BCUT2D eigenvalue weighted by Gasteiger charge is 2.49. The molecule has 0 aromatic heterocycles. The first-order valence-electron chi connectivity index (χ1n) is 5.99. The Balaban J connectivity index is 3.08. The zero-order chi connectivity index (χ0) is 12.3. The van der Waals surface area contributed by atoms with E-state index in [-0.39, 0.29) is 11.7 Å². The smallest absolute Gasteiger partial charge is 0.240 e. The molecule has 90 valence electrons. The molecule has 0 bridgehead atoms. The highest BCUT2D eigenvalue weighted by Crippen LogP contribution is 2.44. The lowest BCUT2D eigenvalue weighted by Crippen LogP contribution is -2.47. The average molecular weight is 223 g/mol. The van der Waals surface area contributed by atoms with Gasteiger partial charge in [-0.2, -0.15) is 0 Å². The molecule has 0 radical (unpaired) electrons. The van der Waals surface area contributed by atoms with Crippen LogP contribution in [0.25, 0.3) is 0 Å². The monoisotopic (exact) mass is 223 g/mol. The molecule has 3 heteroatoms. The van der Waals surface area contributed by atoms with E-state index in [1.54, 1.807) is 4.90 Å². The highest BCUT2D eigenvalue weighted by atomic mass is 16.2. The zero-order valence-corrected chi connectivity index (χ0v) is 10.5. The fourth-order valence-corrected chi connectivity index (χ4v) is 2.57. The third-order valence-electron chi connectivity index (χ3n) is 3.65. The molecule has 0 heterocycles. The molecule has 0 spiro atoms. The van der Waals surface area contributed by atoms with Crippen molar-refractivity contribution >= 4 is 11.7 Å². The second-order valence-electron chi connectivity index (χ2n) is 4.40. The Hall–Kier alpha value is -1.12. The van der Waals surface area contributed by atoms with Crippen molar-refractivity contribution in [2.45, 2.75) is 40.0 Å². The second kappa shape index (κ2) is 4.81. The van der Waals surface area contributed by atoms with Crippen LogP contribution < -0.4 is 0 Å². The molecule has 1 fully saturated rings. The molecule has 1 aliphatic rings. The number of carbonyl (C=O) groups excluding carboxylic acids is 2. The summed E-state index contributed by atoms with van der Waals surface area (Å²) in [6.07, 6.45) is 2.33.